The fourth-order valence-electron chi connectivity index (χ4n) is 5.16. The lowest BCUT2D eigenvalue weighted by atomic mass is 9.95. The Labute approximate surface area is 279 Å². The van der Waals surface area contributed by atoms with Crippen LogP contribution in [0.5, 0.6) is 11.5 Å². The number of aromatic nitrogens is 1. The van der Waals surface area contributed by atoms with Gasteiger partial charge in [0.2, 0.25) is 0 Å². The molecule has 232 valence electrons. The maximum absolute atomic E-state index is 14.1. The second-order valence-corrected chi connectivity index (χ2v) is 12.3. The van der Waals surface area contributed by atoms with E-state index in [1.165, 1.54) is 15.9 Å². The number of fused-ring (bicyclic) bond motifs is 1. The van der Waals surface area contributed by atoms with Crippen molar-refractivity contribution in [3.8, 4) is 11.5 Å². The summed E-state index contributed by atoms with van der Waals surface area (Å²) < 4.78 is 19.5. The summed E-state index contributed by atoms with van der Waals surface area (Å²) in [5.74, 6) is 0.409. The number of halogens is 2. The topological polar surface area (TPSA) is 79.1 Å². The van der Waals surface area contributed by atoms with Crippen LogP contribution in [0.1, 0.15) is 35.2 Å². The summed E-state index contributed by atoms with van der Waals surface area (Å²) in [6.07, 6.45) is 1.73. The Morgan fingerprint density at radius 3 is 2.26 bits per heavy atom. The highest BCUT2D eigenvalue weighted by molar-refractivity contribution is 7.07. The van der Waals surface area contributed by atoms with E-state index in [0.717, 1.165) is 11.1 Å². The highest BCUT2D eigenvalue weighted by Gasteiger charge is 2.34. The van der Waals surface area contributed by atoms with Crippen molar-refractivity contribution in [2.45, 2.75) is 26.2 Å². The zero-order valence-corrected chi connectivity index (χ0v) is 27.2. The van der Waals surface area contributed by atoms with E-state index in [2.05, 4.69) is 0 Å². The van der Waals surface area contributed by atoms with E-state index >= 15 is 0 Å². The Kier molecular flexibility index (Phi) is 9.40. The summed E-state index contributed by atoms with van der Waals surface area (Å²) >= 11 is 13.6. The van der Waals surface area contributed by atoms with Gasteiger partial charge >= 0.3 is 5.97 Å². The number of hydrogen-bond acceptors (Lipinski definition) is 7. The summed E-state index contributed by atoms with van der Waals surface area (Å²) in [6, 6.07) is 28.9. The first-order chi connectivity index (χ1) is 22.3. The summed E-state index contributed by atoms with van der Waals surface area (Å²) in [4.78, 5) is 33.0. The lowest BCUT2D eigenvalue weighted by Gasteiger charge is -2.25. The van der Waals surface area contributed by atoms with Crippen molar-refractivity contribution in [1.82, 2.24) is 4.57 Å². The smallest absolute Gasteiger partial charge is 0.338 e. The third-order valence-electron chi connectivity index (χ3n) is 7.44. The molecule has 0 saturated carbocycles. The van der Waals surface area contributed by atoms with Crippen LogP contribution in [-0.2, 0) is 22.7 Å². The van der Waals surface area contributed by atoms with Crippen molar-refractivity contribution in [3.63, 3.8) is 0 Å². The number of methoxy groups -OCH3 is 1. The molecule has 5 aromatic rings. The molecule has 1 atom stereocenters. The first-order valence-electron chi connectivity index (χ1n) is 14.4. The molecule has 6 rings (SSSR count). The number of thiazole rings is 1. The van der Waals surface area contributed by atoms with Gasteiger partial charge in [-0.25, -0.2) is 9.79 Å². The van der Waals surface area contributed by atoms with E-state index in [9.17, 15) is 9.59 Å². The first kappa shape index (κ1) is 31.4. The molecule has 2 heterocycles. The average Bonchev–Trinajstić information content (AvgIpc) is 3.38. The van der Waals surface area contributed by atoms with Crippen LogP contribution >= 0.6 is 34.5 Å². The van der Waals surface area contributed by atoms with E-state index < -0.39 is 12.0 Å². The van der Waals surface area contributed by atoms with Crippen LogP contribution in [0, 0.1) is 0 Å². The van der Waals surface area contributed by atoms with E-state index in [1.807, 2.05) is 66.7 Å². The maximum Gasteiger partial charge on any atom is 0.338 e. The molecule has 0 saturated heterocycles. The van der Waals surface area contributed by atoms with E-state index in [0.29, 0.717) is 54.3 Å². The van der Waals surface area contributed by atoms with Crippen molar-refractivity contribution in [1.29, 1.82) is 0 Å². The predicted octanol–water partition coefficient (Wildman–Crippen LogP) is 6.87. The van der Waals surface area contributed by atoms with Crippen molar-refractivity contribution in [2.75, 3.05) is 7.11 Å². The average molecular weight is 672 g/mol. The number of ether oxygens (including phenoxy) is 3. The molecule has 1 aliphatic heterocycles. The van der Waals surface area contributed by atoms with Crippen molar-refractivity contribution < 1.29 is 19.0 Å². The quantitative estimate of drug-likeness (QED) is 0.160. The number of carbonyl (C=O) groups is 1. The van der Waals surface area contributed by atoms with Gasteiger partial charge in [-0.05, 0) is 59.5 Å². The van der Waals surface area contributed by atoms with Gasteiger partial charge in [0.15, 0.2) is 16.3 Å². The fraction of sp³-hybridized carbons (Fsp3) is 0.139. The molecule has 0 radical (unpaired) electrons. The van der Waals surface area contributed by atoms with E-state index in [1.54, 1.807) is 50.4 Å². The standard InChI is InChI=1S/C36H28Cl2N2O5S/c1-22-32(35(42)45-21-24-11-7-4-8-12-24)33(26-14-16-29(30(19-26)43-2)44-20-23-9-5-3-6-10-23)40-34(41)31(46-36(40)39-22)18-25-13-15-27(37)28(38)17-25/h3-19,33H,20-21H2,1-2H3/b31-18-. The van der Waals surface area contributed by atoms with Crippen molar-refractivity contribution in [2.24, 2.45) is 4.99 Å². The molecule has 0 N–H and O–H groups in total. The SMILES string of the molecule is COc1cc(C2C(C(=O)OCc3ccccc3)=C(C)N=c3s/c(=C\c4ccc(Cl)c(Cl)c4)c(=O)n32)ccc1OCc1ccccc1. The Balaban J connectivity index is 1.43. The van der Waals surface area contributed by atoms with Crippen LogP contribution in [-0.4, -0.2) is 17.6 Å². The van der Waals surface area contributed by atoms with Gasteiger partial charge in [0.25, 0.3) is 5.56 Å². The summed E-state index contributed by atoms with van der Waals surface area (Å²) in [7, 11) is 1.55. The number of allylic oxidation sites excluding steroid dienone is 1. The van der Waals surface area contributed by atoms with Crippen LogP contribution in [0.25, 0.3) is 6.08 Å². The summed E-state index contributed by atoms with van der Waals surface area (Å²) in [6.45, 7) is 2.16. The largest absolute Gasteiger partial charge is 0.493 e. The van der Waals surface area contributed by atoms with Gasteiger partial charge < -0.3 is 14.2 Å². The predicted molar refractivity (Wildman–Crippen MR) is 180 cm³/mol. The molecule has 1 unspecified atom stereocenters. The first-order valence-corrected chi connectivity index (χ1v) is 15.9. The third kappa shape index (κ3) is 6.65. The number of rotatable bonds is 9. The van der Waals surface area contributed by atoms with E-state index in [-0.39, 0.29) is 17.7 Å². The van der Waals surface area contributed by atoms with E-state index in [4.69, 9.17) is 42.4 Å². The second-order valence-electron chi connectivity index (χ2n) is 10.5. The molecular formula is C36H28Cl2N2O5S. The molecule has 0 fully saturated rings. The highest BCUT2D eigenvalue weighted by Crippen LogP contribution is 2.36. The zero-order valence-electron chi connectivity index (χ0n) is 24.9. The summed E-state index contributed by atoms with van der Waals surface area (Å²) in [5, 5.41) is 0.793. The zero-order chi connectivity index (χ0) is 32.2. The number of benzene rings is 4. The van der Waals surface area contributed by atoms with Gasteiger partial charge in [-0.15, -0.1) is 0 Å². The van der Waals surface area contributed by atoms with Gasteiger partial charge in [0.1, 0.15) is 13.2 Å². The number of nitrogens with zero attached hydrogens (tertiary/aromatic N) is 2. The number of esters is 1. The van der Waals surface area contributed by atoms with Crippen LogP contribution in [0.15, 0.2) is 118 Å². The number of hydrogen-bond donors (Lipinski definition) is 0. The van der Waals surface area contributed by atoms with Crippen LogP contribution in [0.3, 0.4) is 0 Å². The minimum Gasteiger partial charge on any atom is -0.493 e. The minimum atomic E-state index is -0.840. The normalized spacial score (nSPS) is 14.4. The number of carbonyl (C=O) groups excluding carboxylic acids is 1. The monoisotopic (exact) mass is 670 g/mol. The van der Waals surface area contributed by atoms with Gasteiger partial charge in [-0.3, -0.25) is 9.36 Å². The second kappa shape index (κ2) is 13.8. The molecule has 1 aliphatic rings. The minimum absolute atomic E-state index is 0.0699. The molecular weight excluding hydrogens is 643 g/mol. The molecule has 0 spiro atoms. The highest BCUT2D eigenvalue weighted by atomic mass is 35.5. The van der Waals surface area contributed by atoms with Crippen LogP contribution < -0.4 is 24.4 Å². The van der Waals surface area contributed by atoms with Gasteiger partial charge in [0.05, 0.1) is 39.0 Å². The molecule has 10 heteroatoms. The van der Waals surface area contributed by atoms with Gasteiger partial charge in [-0.1, -0.05) is 107 Å². The molecule has 46 heavy (non-hydrogen) atoms. The molecule has 7 nitrogen and oxygen atoms in total. The van der Waals surface area contributed by atoms with Crippen molar-refractivity contribution in [3.05, 3.63) is 160 Å². The Morgan fingerprint density at radius 1 is 0.891 bits per heavy atom. The Hall–Kier alpha value is -4.63. The fourth-order valence-corrected chi connectivity index (χ4v) is 6.51. The van der Waals surface area contributed by atoms with Gasteiger partial charge in [0, 0.05) is 0 Å². The molecule has 4 aromatic carbocycles. The molecule has 0 bridgehead atoms. The van der Waals surface area contributed by atoms with Gasteiger partial charge in [-0.2, -0.15) is 0 Å². The van der Waals surface area contributed by atoms with Crippen LogP contribution in [0.2, 0.25) is 10.0 Å². The lowest BCUT2D eigenvalue weighted by Crippen LogP contribution is -2.39. The summed E-state index contributed by atoms with van der Waals surface area (Å²) in [5.41, 5.74) is 3.57. The molecule has 0 amide bonds. The lowest BCUT2D eigenvalue weighted by molar-refractivity contribution is -0.140. The Bertz CT molecular complexity index is 2130. The Morgan fingerprint density at radius 2 is 1.59 bits per heavy atom. The molecule has 0 aliphatic carbocycles. The third-order valence-corrected chi connectivity index (χ3v) is 9.16. The molecule has 1 aromatic heterocycles. The maximum atomic E-state index is 14.1. The van der Waals surface area contributed by atoms with Crippen LogP contribution in [0.4, 0.5) is 0 Å². The van der Waals surface area contributed by atoms with Crippen molar-refractivity contribution >= 4 is 46.6 Å².